The quantitative estimate of drug-likeness (QED) is 0.304. The van der Waals surface area contributed by atoms with E-state index in [1.807, 2.05) is 36.5 Å². The Labute approximate surface area is 155 Å². The molecule has 1 heterocycles. The van der Waals surface area contributed by atoms with Gasteiger partial charge in [0, 0.05) is 29.7 Å². The van der Waals surface area contributed by atoms with Gasteiger partial charge in [0.2, 0.25) is 0 Å². The van der Waals surface area contributed by atoms with Gasteiger partial charge in [-0.05, 0) is 30.2 Å². The molecule has 3 aromatic rings. The van der Waals surface area contributed by atoms with Crippen LogP contribution < -0.4 is 5.32 Å². The summed E-state index contributed by atoms with van der Waals surface area (Å²) in [5.74, 6) is -0.560. The van der Waals surface area contributed by atoms with Gasteiger partial charge in [-0.15, -0.1) is 0 Å². The third-order valence-electron chi connectivity index (χ3n) is 4.15. The van der Waals surface area contributed by atoms with E-state index < -0.39 is 10.8 Å². The molecule has 0 aliphatic carbocycles. The fourth-order valence-corrected chi connectivity index (χ4v) is 2.82. The van der Waals surface area contributed by atoms with E-state index in [2.05, 4.69) is 10.3 Å². The van der Waals surface area contributed by atoms with E-state index in [1.165, 1.54) is 24.3 Å². The Morgan fingerprint density at radius 3 is 2.74 bits per heavy atom. The van der Waals surface area contributed by atoms with Crippen LogP contribution in [0.25, 0.3) is 17.0 Å². The number of carbonyl (C=O) groups excluding carboxylic acids is 1. The number of aromatic amines is 1. The lowest BCUT2D eigenvalue weighted by molar-refractivity contribution is -0.385. The second-order valence-corrected chi connectivity index (χ2v) is 5.85. The first kappa shape index (κ1) is 17.9. The monoisotopic (exact) mass is 360 g/mol. The molecule has 0 atom stereocenters. The average molecular weight is 360 g/mol. The van der Waals surface area contributed by atoms with Crippen molar-refractivity contribution in [3.8, 4) is 6.07 Å². The number of H-pyrrole nitrogens is 1. The first-order valence-corrected chi connectivity index (χ1v) is 8.28. The van der Waals surface area contributed by atoms with Crippen molar-refractivity contribution in [1.82, 2.24) is 10.3 Å². The minimum absolute atomic E-state index is 0.156. The number of hydrogen-bond donors (Lipinski definition) is 2. The van der Waals surface area contributed by atoms with Gasteiger partial charge in [0.1, 0.15) is 11.6 Å². The summed E-state index contributed by atoms with van der Waals surface area (Å²) in [4.78, 5) is 26.0. The van der Waals surface area contributed by atoms with Crippen molar-refractivity contribution in [2.45, 2.75) is 6.42 Å². The van der Waals surface area contributed by atoms with Crippen LogP contribution in [-0.2, 0) is 11.2 Å². The molecule has 0 saturated carbocycles. The van der Waals surface area contributed by atoms with E-state index in [1.54, 1.807) is 6.07 Å². The van der Waals surface area contributed by atoms with E-state index in [-0.39, 0.29) is 16.8 Å². The molecule has 0 saturated heterocycles. The molecule has 7 nitrogen and oxygen atoms in total. The van der Waals surface area contributed by atoms with Crippen LogP contribution in [0.2, 0.25) is 0 Å². The highest BCUT2D eigenvalue weighted by Gasteiger charge is 2.14. The van der Waals surface area contributed by atoms with Gasteiger partial charge in [0.25, 0.3) is 11.6 Å². The zero-order valence-corrected chi connectivity index (χ0v) is 14.3. The van der Waals surface area contributed by atoms with E-state index in [0.717, 1.165) is 16.5 Å². The van der Waals surface area contributed by atoms with Crippen molar-refractivity contribution in [2.24, 2.45) is 0 Å². The number of nitrogens with one attached hydrogen (secondary N) is 2. The SMILES string of the molecule is N#C/C(=C\c1ccccc1[N+](=O)[O-])C(=O)NCCc1c[nH]c2ccccc12. The molecule has 3 rings (SSSR count). The number of fused-ring (bicyclic) bond motifs is 1. The van der Waals surface area contributed by atoms with Crippen LogP contribution in [0.15, 0.2) is 60.3 Å². The van der Waals surface area contributed by atoms with Crippen molar-refractivity contribution < 1.29 is 9.72 Å². The first-order chi connectivity index (χ1) is 13.1. The lowest BCUT2D eigenvalue weighted by Crippen LogP contribution is -2.26. The molecule has 0 spiro atoms. The van der Waals surface area contributed by atoms with E-state index >= 15 is 0 Å². The van der Waals surface area contributed by atoms with Crippen LogP contribution in [0.4, 0.5) is 5.69 Å². The number of carbonyl (C=O) groups is 1. The van der Waals surface area contributed by atoms with Crippen LogP contribution in [0.5, 0.6) is 0 Å². The van der Waals surface area contributed by atoms with Gasteiger partial charge in [0.05, 0.1) is 10.5 Å². The fraction of sp³-hybridized carbons (Fsp3) is 0.100. The lowest BCUT2D eigenvalue weighted by Gasteiger charge is -2.04. The van der Waals surface area contributed by atoms with E-state index in [0.29, 0.717) is 13.0 Å². The molecule has 0 aliphatic heterocycles. The van der Waals surface area contributed by atoms with E-state index in [9.17, 15) is 20.2 Å². The zero-order valence-electron chi connectivity index (χ0n) is 14.3. The summed E-state index contributed by atoms with van der Waals surface area (Å²) in [6.45, 7) is 0.344. The molecule has 27 heavy (non-hydrogen) atoms. The van der Waals surface area contributed by atoms with Gasteiger partial charge in [-0.2, -0.15) is 5.26 Å². The third-order valence-corrected chi connectivity index (χ3v) is 4.15. The standard InChI is InChI=1S/C20H16N4O3/c21-12-16(11-14-5-1-4-8-19(14)24(26)27)20(25)22-10-9-15-13-23-18-7-3-2-6-17(15)18/h1-8,11,13,23H,9-10H2,(H,22,25)/b16-11+. The molecule has 2 aromatic carbocycles. The zero-order chi connectivity index (χ0) is 19.2. The second-order valence-electron chi connectivity index (χ2n) is 5.85. The molecule has 1 aromatic heterocycles. The van der Waals surface area contributed by atoms with Gasteiger partial charge >= 0.3 is 0 Å². The van der Waals surface area contributed by atoms with Crippen molar-refractivity contribution in [3.05, 3.63) is 81.5 Å². The van der Waals surface area contributed by atoms with Gasteiger partial charge in [-0.3, -0.25) is 14.9 Å². The molecule has 7 heteroatoms. The summed E-state index contributed by atoms with van der Waals surface area (Å²) in [5.41, 5.74) is 1.96. The van der Waals surface area contributed by atoms with Crippen LogP contribution in [-0.4, -0.2) is 22.4 Å². The van der Waals surface area contributed by atoms with Crippen LogP contribution in [0, 0.1) is 21.4 Å². The first-order valence-electron chi connectivity index (χ1n) is 8.28. The summed E-state index contributed by atoms with van der Waals surface area (Å²) in [5, 5.41) is 24.1. The van der Waals surface area contributed by atoms with Gasteiger partial charge < -0.3 is 10.3 Å². The third kappa shape index (κ3) is 4.02. The van der Waals surface area contributed by atoms with Gasteiger partial charge in [-0.25, -0.2) is 0 Å². The topological polar surface area (TPSA) is 112 Å². The lowest BCUT2D eigenvalue weighted by atomic mass is 10.1. The maximum absolute atomic E-state index is 12.3. The molecule has 134 valence electrons. The van der Waals surface area contributed by atoms with Crippen LogP contribution in [0.1, 0.15) is 11.1 Å². The normalized spacial score (nSPS) is 11.1. The Morgan fingerprint density at radius 2 is 1.96 bits per heavy atom. The summed E-state index contributed by atoms with van der Waals surface area (Å²) in [7, 11) is 0. The number of nitriles is 1. The Morgan fingerprint density at radius 1 is 1.22 bits per heavy atom. The molecule has 2 N–H and O–H groups in total. The van der Waals surface area contributed by atoms with Crippen LogP contribution in [0.3, 0.4) is 0 Å². The Balaban J connectivity index is 1.69. The smallest absolute Gasteiger partial charge is 0.276 e. The largest absolute Gasteiger partial charge is 0.361 e. The maximum Gasteiger partial charge on any atom is 0.276 e. The van der Waals surface area contributed by atoms with Gasteiger partial charge in [-0.1, -0.05) is 30.3 Å². The van der Waals surface area contributed by atoms with E-state index in [4.69, 9.17) is 0 Å². The molecular weight excluding hydrogens is 344 g/mol. The maximum atomic E-state index is 12.3. The number of hydrogen-bond acceptors (Lipinski definition) is 4. The second kappa shape index (κ2) is 7.97. The van der Waals surface area contributed by atoms with Crippen LogP contribution >= 0.6 is 0 Å². The van der Waals surface area contributed by atoms with Gasteiger partial charge in [0.15, 0.2) is 0 Å². The summed E-state index contributed by atoms with van der Waals surface area (Å²) in [6.07, 6.45) is 3.73. The number of nitro benzene ring substituents is 1. The Bertz CT molecular complexity index is 1080. The number of aromatic nitrogens is 1. The minimum atomic E-state index is -0.560. The van der Waals surface area contributed by atoms with Crippen molar-refractivity contribution >= 4 is 28.6 Å². The fourth-order valence-electron chi connectivity index (χ4n) is 2.82. The summed E-state index contributed by atoms with van der Waals surface area (Å²) < 4.78 is 0. The molecule has 1 amide bonds. The highest BCUT2D eigenvalue weighted by molar-refractivity contribution is 6.02. The number of nitro groups is 1. The summed E-state index contributed by atoms with van der Waals surface area (Å²) in [6, 6.07) is 15.6. The predicted molar refractivity (Wildman–Crippen MR) is 102 cm³/mol. The molecule has 0 radical (unpaired) electrons. The Kier molecular flexibility index (Phi) is 5.28. The highest BCUT2D eigenvalue weighted by Crippen LogP contribution is 2.21. The summed E-state index contributed by atoms with van der Waals surface area (Å²) >= 11 is 0. The molecule has 0 aliphatic rings. The average Bonchev–Trinajstić information content (AvgIpc) is 3.09. The van der Waals surface area contributed by atoms with Crippen molar-refractivity contribution in [2.75, 3.05) is 6.54 Å². The number of nitrogens with zero attached hydrogens (tertiary/aromatic N) is 2. The molecule has 0 unspecified atom stereocenters. The van der Waals surface area contributed by atoms with Crippen molar-refractivity contribution in [3.63, 3.8) is 0 Å². The predicted octanol–water partition coefficient (Wildman–Crippen LogP) is 3.34. The molecular formula is C20H16N4O3. The Hall–Kier alpha value is -3.92. The number of amides is 1. The minimum Gasteiger partial charge on any atom is -0.361 e. The molecule has 0 bridgehead atoms. The number of benzene rings is 2. The highest BCUT2D eigenvalue weighted by atomic mass is 16.6. The molecule has 0 fully saturated rings. The van der Waals surface area contributed by atoms with Crippen molar-refractivity contribution in [1.29, 1.82) is 5.26 Å². The number of rotatable bonds is 6. The number of para-hydroxylation sites is 2.